The summed E-state index contributed by atoms with van der Waals surface area (Å²) in [6.45, 7) is 0.389. The van der Waals surface area contributed by atoms with Crippen LogP contribution in [0, 0.1) is 29.3 Å². The Morgan fingerprint density at radius 1 is 1.07 bits per heavy atom. The Balaban J connectivity index is 1.31. The molecule has 2 amide bonds. The third kappa shape index (κ3) is 5.71. The molecule has 2 aromatic rings. The van der Waals surface area contributed by atoms with E-state index in [9.17, 15) is 36.3 Å². The molecule has 0 heterocycles. The predicted molar refractivity (Wildman–Crippen MR) is 144 cm³/mol. The Hall–Kier alpha value is -2.67. The molecule has 41 heavy (non-hydrogen) atoms. The van der Waals surface area contributed by atoms with Gasteiger partial charge in [0.1, 0.15) is 0 Å². The monoisotopic (exact) mass is 614 g/mol. The molecule has 3 aliphatic carbocycles. The van der Waals surface area contributed by atoms with Crippen molar-refractivity contribution in [3.05, 3.63) is 58.4 Å². The van der Waals surface area contributed by atoms with Crippen molar-refractivity contribution < 1.29 is 41.0 Å². The van der Waals surface area contributed by atoms with Gasteiger partial charge in [-0.3, -0.25) is 9.59 Å². The Morgan fingerprint density at radius 2 is 1.68 bits per heavy atom. The van der Waals surface area contributed by atoms with Gasteiger partial charge in [-0.1, -0.05) is 11.6 Å². The van der Waals surface area contributed by atoms with Gasteiger partial charge in [-0.25, -0.2) is 21.6 Å². The maximum atomic E-state index is 13.8. The van der Waals surface area contributed by atoms with Gasteiger partial charge in [-0.15, -0.1) is 0 Å². The van der Waals surface area contributed by atoms with Crippen LogP contribution < -0.4 is 10.6 Å². The third-order valence-corrected chi connectivity index (χ3v) is 11.3. The first-order chi connectivity index (χ1) is 19.3. The summed E-state index contributed by atoms with van der Waals surface area (Å²) >= 11 is 6.27. The summed E-state index contributed by atoms with van der Waals surface area (Å²) in [6, 6.07) is 4.78. The van der Waals surface area contributed by atoms with Crippen molar-refractivity contribution in [2.24, 2.45) is 11.8 Å². The summed E-state index contributed by atoms with van der Waals surface area (Å²) in [5.41, 5.74) is -2.22. The number of hydrogen-bond acceptors (Lipinski definition) is 6. The normalized spacial score (nSPS) is 26.4. The van der Waals surface area contributed by atoms with Crippen LogP contribution in [0.25, 0.3) is 0 Å². The van der Waals surface area contributed by atoms with Crippen molar-refractivity contribution in [1.29, 1.82) is 0 Å². The van der Waals surface area contributed by atoms with Crippen LogP contribution in [0.3, 0.4) is 0 Å². The quantitative estimate of drug-likeness (QED) is 0.360. The molecule has 3 N–H and O–H groups in total. The fraction of sp³-hybridized carbons (Fsp3) is 0.500. The first-order valence-electron chi connectivity index (χ1n) is 13.3. The van der Waals surface area contributed by atoms with Gasteiger partial charge in [0.2, 0.25) is 5.91 Å². The van der Waals surface area contributed by atoms with Crippen LogP contribution in [0.15, 0.2) is 35.2 Å². The topological polar surface area (TPSA) is 122 Å². The van der Waals surface area contributed by atoms with Gasteiger partial charge in [0, 0.05) is 30.5 Å². The third-order valence-electron chi connectivity index (χ3n) is 8.68. The van der Waals surface area contributed by atoms with E-state index in [1.54, 1.807) is 7.11 Å². The van der Waals surface area contributed by atoms with E-state index in [1.807, 2.05) is 0 Å². The fourth-order valence-corrected chi connectivity index (χ4v) is 8.76. The number of anilines is 1. The summed E-state index contributed by atoms with van der Waals surface area (Å²) in [4.78, 5) is 25.3. The van der Waals surface area contributed by atoms with E-state index in [-0.39, 0.29) is 46.3 Å². The van der Waals surface area contributed by atoms with Gasteiger partial charge < -0.3 is 20.5 Å². The number of amides is 2. The highest BCUT2D eigenvalue weighted by molar-refractivity contribution is 7.92. The Labute approximate surface area is 240 Å². The lowest BCUT2D eigenvalue weighted by atomic mass is 9.72. The lowest BCUT2D eigenvalue weighted by molar-refractivity contribution is -0.134. The van der Waals surface area contributed by atoms with Gasteiger partial charge in [0.15, 0.2) is 27.3 Å². The standard InChI is InChI=1S/C28H30ClF3N2O6S/c1-40-14-27(6-7-27)34-24(35)13-28(37)16-3-4-17(28)10-19(9-16)41(38,39)23-8-15(2-5-20(23)29)26(36)33-18-11-21(30)25(32)22(31)12-18/h2,5,8,11-12,16-17,19,37H,3-4,6-7,9-10,13-14H2,1H3,(H,33,36)(H,34,35)/t16-,17?,19-,28-/m0/s1. The average molecular weight is 615 g/mol. The molecule has 4 atom stereocenters. The summed E-state index contributed by atoms with van der Waals surface area (Å²) in [5, 5.41) is 15.8. The predicted octanol–water partition coefficient (Wildman–Crippen LogP) is 4.39. The fourth-order valence-electron chi connectivity index (χ4n) is 6.36. The van der Waals surface area contributed by atoms with E-state index in [4.69, 9.17) is 16.3 Å². The minimum absolute atomic E-state index is 0.110. The van der Waals surface area contributed by atoms with Crippen LogP contribution in [-0.2, 0) is 19.4 Å². The average Bonchev–Trinajstić information content (AvgIpc) is 3.64. The Kier molecular flexibility index (Phi) is 7.90. The van der Waals surface area contributed by atoms with Crippen LogP contribution in [0.1, 0.15) is 55.3 Å². The maximum absolute atomic E-state index is 13.8. The van der Waals surface area contributed by atoms with E-state index in [2.05, 4.69) is 10.6 Å². The molecular formula is C28H30ClF3N2O6S. The van der Waals surface area contributed by atoms with E-state index in [1.165, 1.54) is 12.1 Å². The van der Waals surface area contributed by atoms with Crippen LogP contribution in [0.4, 0.5) is 18.9 Å². The molecule has 0 aromatic heterocycles. The Bertz CT molecular complexity index is 1460. The Morgan fingerprint density at radius 3 is 2.24 bits per heavy atom. The highest BCUT2D eigenvalue weighted by atomic mass is 35.5. The number of methoxy groups -OCH3 is 1. The van der Waals surface area contributed by atoms with Gasteiger partial charge >= 0.3 is 0 Å². The second-order valence-electron chi connectivity index (χ2n) is 11.4. The lowest BCUT2D eigenvalue weighted by Gasteiger charge is -2.42. The molecular weight excluding hydrogens is 585 g/mol. The lowest BCUT2D eigenvalue weighted by Crippen LogP contribution is -2.52. The molecule has 0 spiro atoms. The summed E-state index contributed by atoms with van der Waals surface area (Å²) < 4.78 is 73.1. The van der Waals surface area contributed by atoms with Crippen molar-refractivity contribution >= 4 is 38.9 Å². The van der Waals surface area contributed by atoms with E-state index in [0.717, 1.165) is 18.9 Å². The first kappa shape index (κ1) is 29.8. The first-order valence-corrected chi connectivity index (χ1v) is 15.2. The minimum atomic E-state index is -4.08. The number of halogens is 4. The van der Waals surface area contributed by atoms with E-state index in [0.29, 0.717) is 31.6 Å². The second-order valence-corrected chi connectivity index (χ2v) is 14.0. The smallest absolute Gasteiger partial charge is 0.255 e. The summed E-state index contributed by atoms with van der Waals surface area (Å²) in [5.74, 6) is -6.68. The number of sulfone groups is 1. The van der Waals surface area contributed by atoms with Crippen LogP contribution in [-0.4, -0.2) is 55.4 Å². The molecule has 3 aliphatic rings. The summed E-state index contributed by atoms with van der Waals surface area (Å²) in [7, 11) is -2.52. The van der Waals surface area contributed by atoms with Gasteiger partial charge in [0.25, 0.3) is 5.91 Å². The molecule has 0 saturated heterocycles. The molecule has 13 heteroatoms. The molecule has 3 saturated carbocycles. The van der Waals surface area contributed by atoms with E-state index >= 15 is 0 Å². The number of rotatable bonds is 9. The minimum Gasteiger partial charge on any atom is -0.389 e. The van der Waals surface area contributed by atoms with Crippen molar-refractivity contribution in [2.45, 2.75) is 66.2 Å². The maximum Gasteiger partial charge on any atom is 0.255 e. The number of fused-ring (bicyclic) bond motifs is 2. The van der Waals surface area contributed by atoms with Crippen molar-refractivity contribution in [2.75, 3.05) is 19.0 Å². The zero-order valence-corrected chi connectivity index (χ0v) is 23.8. The summed E-state index contributed by atoms with van der Waals surface area (Å²) in [6.07, 6.45) is 2.86. The van der Waals surface area contributed by atoms with Crippen molar-refractivity contribution in [3.63, 3.8) is 0 Å². The number of benzene rings is 2. The van der Waals surface area contributed by atoms with Crippen LogP contribution in [0.2, 0.25) is 5.02 Å². The highest BCUT2D eigenvalue weighted by Gasteiger charge is 2.57. The van der Waals surface area contributed by atoms with E-state index < -0.39 is 61.4 Å². The second kappa shape index (κ2) is 10.9. The molecule has 3 fully saturated rings. The zero-order chi connectivity index (χ0) is 29.7. The van der Waals surface area contributed by atoms with Crippen LogP contribution in [0.5, 0.6) is 0 Å². The number of carbonyl (C=O) groups is 2. The van der Waals surface area contributed by atoms with Gasteiger partial charge in [-0.2, -0.15) is 0 Å². The molecule has 5 rings (SSSR count). The molecule has 0 radical (unpaired) electrons. The SMILES string of the molecule is COCC1(NC(=O)C[C@@]2(O)C3CC[C@H]2C[C@H](S(=O)(=O)c2cc(C(=O)Nc4cc(F)c(F)c(F)c4)ccc2Cl)C3)CC1. The molecule has 0 aliphatic heterocycles. The number of hydrogen-bond donors (Lipinski definition) is 3. The molecule has 2 aromatic carbocycles. The van der Waals surface area contributed by atoms with Crippen molar-refractivity contribution in [3.8, 4) is 0 Å². The number of carbonyl (C=O) groups excluding carboxylic acids is 2. The molecule has 8 nitrogen and oxygen atoms in total. The molecule has 1 unspecified atom stereocenters. The highest BCUT2D eigenvalue weighted by Crippen LogP contribution is 2.53. The van der Waals surface area contributed by atoms with Gasteiger partial charge in [0.05, 0.1) is 39.3 Å². The number of ether oxygens (including phenoxy) is 1. The largest absolute Gasteiger partial charge is 0.389 e. The van der Waals surface area contributed by atoms with Gasteiger partial charge in [-0.05, 0) is 68.6 Å². The number of aliphatic hydroxyl groups is 1. The van der Waals surface area contributed by atoms with Crippen molar-refractivity contribution in [1.82, 2.24) is 5.32 Å². The number of nitrogens with one attached hydrogen (secondary N) is 2. The molecule has 222 valence electrons. The van der Waals surface area contributed by atoms with Crippen LogP contribution >= 0.6 is 11.6 Å². The zero-order valence-electron chi connectivity index (χ0n) is 22.2. The molecule has 2 bridgehead atoms.